The molecule has 1 unspecified atom stereocenters. The van der Waals surface area contributed by atoms with Crippen molar-refractivity contribution in [2.75, 3.05) is 19.6 Å². The monoisotopic (exact) mass is 331 g/mol. The fourth-order valence-corrected chi connectivity index (χ4v) is 2.96. The second kappa shape index (κ2) is 10.0. The topological polar surface area (TPSA) is 56.7 Å². The van der Waals surface area contributed by atoms with E-state index in [1.165, 1.54) is 4.88 Å². The van der Waals surface area contributed by atoms with Gasteiger partial charge in [0, 0.05) is 24.4 Å². The van der Waals surface area contributed by atoms with Gasteiger partial charge in [0.25, 0.3) is 0 Å². The number of rotatable bonds is 8. The van der Waals surface area contributed by atoms with E-state index >= 15 is 0 Å². The van der Waals surface area contributed by atoms with E-state index in [0.717, 1.165) is 31.0 Å². The van der Waals surface area contributed by atoms with E-state index in [-0.39, 0.29) is 0 Å². The van der Waals surface area contributed by atoms with E-state index in [1.54, 1.807) is 11.3 Å². The first-order chi connectivity index (χ1) is 11.3. The number of aliphatic imine (C=N–C) groups is 1. The van der Waals surface area contributed by atoms with E-state index in [1.807, 2.05) is 37.3 Å². The fourth-order valence-electron chi connectivity index (χ4n) is 2.25. The van der Waals surface area contributed by atoms with Crippen molar-refractivity contribution in [1.29, 1.82) is 0 Å². The second-order valence-electron chi connectivity index (χ2n) is 5.32. The van der Waals surface area contributed by atoms with Crippen LogP contribution in [0.4, 0.5) is 0 Å². The highest BCUT2D eigenvalue weighted by atomic mass is 32.1. The van der Waals surface area contributed by atoms with Crippen LogP contribution in [0.2, 0.25) is 0 Å². The summed E-state index contributed by atoms with van der Waals surface area (Å²) in [5.41, 5.74) is 1.13. The lowest BCUT2D eigenvalue weighted by atomic mass is 10.1. The van der Waals surface area contributed by atoms with Gasteiger partial charge in [-0.25, -0.2) is 0 Å². The van der Waals surface area contributed by atoms with Gasteiger partial charge in [-0.1, -0.05) is 36.4 Å². The highest BCUT2D eigenvalue weighted by Crippen LogP contribution is 2.08. The average Bonchev–Trinajstić information content (AvgIpc) is 3.07. The molecule has 0 radical (unpaired) electrons. The summed E-state index contributed by atoms with van der Waals surface area (Å²) < 4.78 is 0. The molecule has 124 valence electrons. The number of aliphatic hydroxyl groups is 1. The first kappa shape index (κ1) is 17.5. The van der Waals surface area contributed by atoms with Crippen LogP contribution >= 0.6 is 11.3 Å². The molecule has 1 aromatic carbocycles. The van der Waals surface area contributed by atoms with Crippen molar-refractivity contribution < 1.29 is 5.11 Å². The number of nitrogens with zero attached hydrogens (tertiary/aromatic N) is 1. The van der Waals surface area contributed by atoms with Gasteiger partial charge in [-0.05, 0) is 30.4 Å². The molecule has 5 heteroatoms. The Hall–Kier alpha value is -1.85. The zero-order valence-corrected chi connectivity index (χ0v) is 14.4. The fraction of sp³-hybridized carbons (Fsp3) is 0.389. The third kappa shape index (κ3) is 6.84. The summed E-state index contributed by atoms with van der Waals surface area (Å²) >= 11 is 1.77. The standard InChI is InChI=1S/C18H25N3OS/c1-2-19-18(20-11-10-17-9-6-12-23-17)21-14-16(22)13-15-7-4-3-5-8-15/h3-9,12,16,22H,2,10-11,13-14H2,1H3,(H2,19,20,21). The summed E-state index contributed by atoms with van der Waals surface area (Å²) in [5.74, 6) is 0.760. The third-order valence-electron chi connectivity index (χ3n) is 3.36. The number of guanidine groups is 1. The molecule has 0 saturated heterocycles. The SMILES string of the molecule is CCNC(=NCC(O)Cc1ccccc1)NCCc1cccs1. The summed E-state index contributed by atoms with van der Waals surface area (Å²) in [6.07, 6.45) is 1.14. The van der Waals surface area contributed by atoms with Gasteiger partial charge in [-0.2, -0.15) is 0 Å². The van der Waals surface area contributed by atoms with Crippen molar-refractivity contribution in [3.8, 4) is 0 Å². The van der Waals surface area contributed by atoms with Gasteiger partial charge < -0.3 is 15.7 Å². The van der Waals surface area contributed by atoms with Crippen LogP contribution in [0, 0.1) is 0 Å². The molecule has 2 rings (SSSR count). The van der Waals surface area contributed by atoms with Crippen LogP contribution in [0.1, 0.15) is 17.4 Å². The summed E-state index contributed by atoms with van der Waals surface area (Å²) in [4.78, 5) is 5.83. The van der Waals surface area contributed by atoms with Crippen LogP contribution in [0.25, 0.3) is 0 Å². The number of nitrogens with one attached hydrogen (secondary N) is 2. The minimum atomic E-state index is -0.467. The highest BCUT2D eigenvalue weighted by molar-refractivity contribution is 7.09. The van der Waals surface area contributed by atoms with Crippen molar-refractivity contribution >= 4 is 17.3 Å². The number of hydrogen-bond acceptors (Lipinski definition) is 3. The lowest BCUT2D eigenvalue weighted by molar-refractivity contribution is 0.183. The van der Waals surface area contributed by atoms with Gasteiger partial charge in [-0.3, -0.25) is 4.99 Å². The van der Waals surface area contributed by atoms with Crippen LogP contribution < -0.4 is 10.6 Å². The second-order valence-corrected chi connectivity index (χ2v) is 6.35. The van der Waals surface area contributed by atoms with E-state index in [4.69, 9.17) is 0 Å². The molecule has 0 aliphatic carbocycles. The molecule has 0 aliphatic rings. The van der Waals surface area contributed by atoms with E-state index in [2.05, 4.69) is 33.1 Å². The molecule has 1 aromatic heterocycles. The zero-order valence-electron chi connectivity index (χ0n) is 13.5. The maximum absolute atomic E-state index is 10.1. The van der Waals surface area contributed by atoms with Gasteiger partial charge in [0.15, 0.2) is 5.96 Å². The molecular formula is C18H25N3OS. The number of benzene rings is 1. The van der Waals surface area contributed by atoms with Gasteiger partial charge in [0.1, 0.15) is 0 Å². The Morgan fingerprint density at radius 2 is 2.00 bits per heavy atom. The first-order valence-corrected chi connectivity index (χ1v) is 8.92. The molecular weight excluding hydrogens is 306 g/mol. The third-order valence-corrected chi connectivity index (χ3v) is 4.30. The van der Waals surface area contributed by atoms with E-state index in [0.29, 0.717) is 13.0 Å². The molecule has 23 heavy (non-hydrogen) atoms. The Labute approximate surface area is 142 Å². The Bertz CT molecular complexity index is 569. The van der Waals surface area contributed by atoms with Gasteiger partial charge in [-0.15, -0.1) is 11.3 Å². The molecule has 0 bridgehead atoms. The van der Waals surface area contributed by atoms with Gasteiger partial charge in [0.05, 0.1) is 12.6 Å². The normalized spacial score (nSPS) is 12.9. The predicted octanol–water partition coefficient (Wildman–Crippen LogP) is 2.45. The van der Waals surface area contributed by atoms with Crippen LogP contribution in [0.15, 0.2) is 52.8 Å². The number of aliphatic hydroxyl groups excluding tert-OH is 1. The molecule has 0 aliphatic heterocycles. The van der Waals surface area contributed by atoms with Crippen molar-refractivity contribution in [2.45, 2.75) is 25.9 Å². The minimum Gasteiger partial charge on any atom is -0.391 e. The number of thiophene rings is 1. The van der Waals surface area contributed by atoms with E-state index in [9.17, 15) is 5.11 Å². The lowest BCUT2D eigenvalue weighted by Gasteiger charge is -2.13. The summed E-state index contributed by atoms with van der Waals surface area (Å²) in [5, 5.41) is 18.8. The smallest absolute Gasteiger partial charge is 0.191 e. The average molecular weight is 331 g/mol. The minimum absolute atomic E-state index is 0.392. The zero-order chi connectivity index (χ0) is 16.3. The molecule has 1 heterocycles. The van der Waals surface area contributed by atoms with Crippen molar-refractivity contribution in [3.05, 3.63) is 58.3 Å². The maximum Gasteiger partial charge on any atom is 0.191 e. The van der Waals surface area contributed by atoms with E-state index < -0.39 is 6.10 Å². The Morgan fingerprint density at radius 1 is 1.17 bits per heavy atom. The quantitative estimate of drug-likeness (QED) is 0.514. The highest BCUT2D eigenvalue weighted by Gasteiger charge is 2.05. The summed E-state index contributed by atoms with van der Waals surface area (Å²) in [7, 11) is 0. The Balaban J connectivity index is 1.77. The van der Waals surface area contributed by atoms with Crippen LogP contribution in [0.3, 0.4) is 0 Å². The molecule has 4 nitrogen and oxygen atoms in total. The van der Waals surface area contributed by atoms with Crippen LogP contribution in [-0.2, 0) is 12.8 Å². The van der Waals surface area contributed by atoms with Crippen molar-refractivity contribution in [2.24, 2.45) is 4.99 Å². The van der Waals surface area contributed by atoms with Crippen LogP contribution in [0.5, 0.6) is 0 Å². The molecule has 2 aromatic rings. The first-order valence-electron chi connectivity index (χ1n) is 8.04. The maximum atomic E-state index is 10.1. The largest absolute Gasteiger partial charge is 0.391 e. The van der Waals surface area contributed by atoms with Crippen molar-refractivity contribution in [1.82, 2.24) is 10.6 Å². The Kier molecular flexibility index (Phi) is 7.63. The van der Waals surface area contributed by atoms with Gasteiger partial charge in [0.2, 0.25) is 0 Å². The molecule has 0 saturated carbocycles. The van der Waals surface area contributed by atoms with Crippen molar-refractivity contribution in [3.63, 3.8) is 0 Å². The molecule has 1 atom stereocenters. The molecule has 0 spiro atoms. The van der Waals surface area contributed by atoms with Crippen LogP contribution in [-0.4, -0.2) is 36.8 Å². The lowest BCUT2D eigenvalue weighted by Crippen LogP contribution is -2.39. The molecule has 0 amide bonds. The predicted molar refractivity (Wildman–Crippen MR) is 98.2 cm³/mol. The number of hydrogen-bond donors (Lipinski definition) is 3. The Morgan fingerprint density at radius 3 is 2.70 bits per heavy atom. The van der Waals surface area contributed by atoms with Gasteiger partial charge >= 0.3 is 0 Å². The summed E-state index contributed by atoms with van der Waals surface area (Å²) in [6.45, 7) is 4.07. The molecule has 3 N–H and O–H groups in total. The molecule has 0 fully saturated rings. The summed E-state index contributed by atoms with van der Waals surface area (Å²) in [6, 6.07) is 14.2.